The van der Waals surface area contributed by atoms with Crippen LogP contribution in [0.3, 0.4) is 0 Å². The second-order valence-corrected chi connectivity index (χ2v) is 4.90. The number of hydrogen-bond acceptors (Lipinski definition) is 3. The number of ether oxygens (including phenoxy) is 2. The Morgan fingerprint density at radius 3 is 2.50 bits per heavy atom. The van der Waals surface area contributed by atoms with E-state index in [4.69, 9.17) is 9.47 Å². The fourth-order valence-corrected chi connectivity index (χ4v) is 2.07. The first-order valence-electron chi connectivity index (χ1n) is 7.35. The van der Waals surface area contributed by atoms with Crippen molar-refractivity contribution in [2.45, 2.75) is 26.0 Å². The molecule has 2 rings (SSSR count). The van der Waals surface area contributed by atoms with E-state index >= 15 is 0 Å². The average molecular weight is 299 g/mol. The molecule has 0 spiro atoms. The molecule has 0 aliphatic rings. The van der Waals surface area contributed by atoms with Crippen molar-refractivity contribution in [3.05, 3.63) is 60.2 Å². The van der Waals surface area contributed by atoms with E-state index in [1.54, 1.807) is 7.11 Å². The third kappa shape index (κ3) is 4.52. The van der Waals surface area contributed by atoms with Crippen LogP contribution < -0.4 is 14.8 Å². The van der Waals surface area contributed by atoms with E-state index in [0.29, 0.717) is 18.7 Å². The number of nitrogens with one attached hydrogen (secondary N) is 1. The Labute approximate surface area is 131 Å². The summed E-state index contributed by atoms with van der Waals surface area (Å²) in [6, 6.07) is 17.0. The highest BCUT2D eigenvalue weighted by atomic mass is 16.5. The van der Waals surface area contributed by atoms with E-state index in [1.165, 1.54) is 0 Å². The predicted octanol–water partition coefficient (Wildman–Crippen LogP) is 3.17. The zero-order valence-corrected chi connectivity index (χ0v) is 12.9. The van der Waals surface area contributed by atoms with Crippen molar-refractivity contribution in [3.63, 3.8) is 0 Å². The van der Waals surface area contributed by atoms with Crippen molar-refractivity contribution < 1.29 is 14.3 Å². The second kappa shape index (κ2) is 8.08. The Hall–Kier alpha value is -2.49. The van der Waals surface area contributed by atoms with Gasteiger partial charge in [0.1, 0.15) is 11.5 Å². The van der Waals surface area contributed by atoms with Gasteiger partial charge < -0.3 is 14.8 Å². The van der Waals surface area contributed by atoms with Crippen LogP contribution in [-0.4, -0.2) is 19.1 Å². The lowest BCUT2D eigenvalue weighted by Gasteiger charge is -2.17. The number of carbonyl (C=O) groups is 1. The number of hydrogen-bond donors (Lipinski definition) is 1. The van der Waals surface area contributed by atoms with E-state index < -0.39 is 6.10 Å². The monoisotopic (exact) mass is 299 g/mol. The molecule has 0 bridgehead atoms. The zero-order valence-electron chi connectivity index (χ0n) is 12.9. The largest absolute Gasteiger partial charge is 0.497 e. The quantitative estimate of drug-likeness (QED) is 0.854. The van der Waals surface area contributed by atoms with Crippen LogP contribution in [0.2, 0.25) is 0 Å². The minimum absolute atomic E-state index is 0.117. The minimum Gasteiger partial charge on any atom is -0.497 e. The van der Waals surface area contributed by atoms with Gasteiger partial charge in [-0.3, -0.25) is 4.79 Å². The summed E-state index contributed by atoms with van der Waals surface area (Å²) >= 11 is 0. The average Bonchev–Trinajstić information content (AvgIpc) is 2.58. The maximum atomic E-state index is 12.2. The molecule has 2 aromatic carbocycles. The van der Waals surface area contributed by atoms with E-state index in [0.717, 1.165) is 11.3 Å². The van der Waals surface area contributed by atoms with Gasteiger partial charge in [-0.1, -0.05) is 37.3 Å². The van der Waals surface area contributed by atoms with Crippen LogP contribution in [0.5, 0.6) is 11.5 Å². The molecule has 0 fully saturated rings. The van der Waals surface area contributed by atoms with Crippen LogP contribution in [-0.2, 0) is 11.3 Å². The van der Waals surface area contributed by atoms with Gasteiger partial charge in [-0.25, -0.2) is 0 Å². The third-order valence-electron chi connectivity index (χ3n) is 3.29. The number of carbonyl (C=O) groups excluding carboxylic acids is 1. The van der Waals surface area contributed by atoms with Gasteiger partial charge in [0.15, 0.2) is 6.10 Å². The van der Waals surface area contributed by atoms with Crippen molar-refractivity contribution >= 4 is 5.91 Å². The topological polar surface area (TPSA) is 47.6 Å². The van der Waals surface area contributed by atoms with Crippen LogP contribution in [0.4, 0.5) is 0 Å². The molecule has 0 aliphatic heterocycles. The number of para-hydroxylation sites is 1. The van der Waals surface area contributed by atoms with E-state index in [1.807, 2.05) is 61.5 Å². The molecule has 4 heteroatoms. The van der Waals surface area contributed by atoms with Crippen molar-refractivity contribution in [2.75, 3.05) is 7.11 Å². The molecule has 0 heterocycles. The summed E-state index contributed by atoms with van der Waals surface area (Å²) in [4.78, 5) is 12.2. The summed E-state index contributed by atoms with van der Waals surface area (Å²) in [5.41, 5.74) is 0.988. The normalized spacial score (nSPS) is 11.5. The maximum Gasteiger partial charge on any atom is 0.261 e. The van der Waals surface area contributed by atoms with Gasteiger partial charge in [0.25, 0.3) is 5.91 Å². The SMILES string of the molecule is CCC(Oc1ccccc1)C(=O)NCc1cccc(OC)c1. The molecule has 116 valence electrons. The number of rotatable bonds is 7. The third-order valence-corrected chi connectivity index (χ3v) is 3.29. The van der Waals surface area contributed by atoms with Crippen molar-refractivity contribution in [3.8, 4) is 11.5 Å². The highest BCUT2D eigenvalue weighted by molar-refractivity contribution is 5.81. The van der Waals surface area contributed by atoms with E-state index in [-0.39, 0.29) is 5.91 Å². The van der Waals surface area contributed by atoms with Gasteiger partial charge in [0, 0.05) is 6.54 Å². The molecule has 0 radical (unpaired) electrons. The Kier molecular flexibility index (Phi) is 5.83. The summed E-state index contributed by atoms with van der Waals surface area (Å²) in [6.45, 7) is 2.38. The first-order valence-corrected chi connectivity index (χ1v) is 7.35. The summed E-state index contributed by atoms with van der Waals surface area (Å²) in [5, 5.41) is 2.90. The van der Waals surface area contributed by atoms with Gasteiger partial charge >= 0.3 is 0 Å². The molecule has 0 saturated carbocycles. The fourth-order valence-electron chi connectivity index (χ4n) is 2.07. The van der Waals surface area contributed by atoms with Gasteiger partial charge in [-0.15, -0.1) is 0 Å². The van der Waals surface area contributed by atoms with Gasteiger partial charge in [0.2, 0.25) is 0 Å². The van der Waals surface area contributed by atoms with Gasteiger partial charge in [-0.05, 0) is 36.2 Å². The fraction of sp³-hybridized carbons (Fsp3) is 0.278. The molecule has 22 heavy (non-hydrogen) atoms. The predicted molar refractivity (Wildman–Crippen MR) is 86.0 cm³/mol. The van der Waals surface area contributed by atoms with Gasteiger partial charge in [-0.2, -0.15) is 0 Å². The van der Waals surface area contributed by atoms with Crippen LogP contribution in [0, 0.1) is 0 Å². The molecule has 1 amide bonds. The maximum absolute atomic E-state index is 12.2. The molecule has 0 saturated heterocycles. The summed E-state index contributed by atoms with van der Waals surface area (Å²) in [5.74, 6) is 1.36. The van der Waals surface area contributed by atoms with Crippen molar-refractivity contribution in [1.82, 2.24) is 5.32 Å². The van der Waals surface area contributed by atoms with Crippen LogP contribution in [0.15, 0.2) is 54.6 Å². The first kappa shape index (κ1) is 15.9. The zero-order chi connectivity index (χ0) is 15.8. The lowest BCUT2D eigenvalue weighted by Crippen LogP contribution is -2.37. The highest BCUT2D eigenvalue weighted by Crippen LogP contribution is 2.14. The second-order valence-electron chi connectivity index (χ2n) is 4.90. The minimum atomic E-state index is -0.493. The molecule has 1 atom stereocenters. The molecule has 0 aromatic heterocycles. The standard InChI is InChI=1S/C18H21NO3/c1-3-17(22-15-9-5-4-6-10-15)18(20)19-13-14-8-7-11-16(12-14)21-2/h4-12,17H,3,13H2,1-2H3,(H,19,20). The molecule has 0 aliphatic carbocycles. The number of amides is 1. The Bertz CT molecular complexity index is 598. The molecule has 4 nitrogen and oxygen atoms in total. The van der Waals surface area contributed by atoms with Crippen LogP contribution in [0.25, 0.3) is 0 Å². The molecule has 1 unspecified atom stereocenters. The molecular weight excluding hydrogens is 278 g/mol. The number of methoxy groups -OCH3 is 1. The molecular formula is C18H21NO3. The van der Waals surface area contributed by atoms with E-state index in [2.05, 4.69) is 5.32 Å². The summed E-state index contributed by atoms with van der Waals surface area (Å²) in [6.07, 6.45) is 0.117. The first-order chi connectivity index (χ1) is 10.7. The Morgan fingerprint density at radius 1 is 1.09 bits per heavy atom. The Balaban J connectivity index is 1.91. The summed E-state index contributed by atoms with van der Waals surface area (Å²) in [7, 11) is 1.62. The lowest BCUT2D eigenvalue weighted by atomic mass is 10.2. The van der Waals surface area contributed by atoms with Crippen molar-refractivity contribution in [1.29, 1.82) is 0 Å². The van der Waals surface area contributed by atoms with Crippen LogP contribution in [0.1, 0.15) is 18.9 Å². The van der Waals surface area contributed by atoms with Crippen LogP contribution >= 0.6 is 0 Å². The highest BCUT2D eigenvalue weighted by Gasteiger charge is 2.17. The van der Waals surface area contributed by atoms with E-state index in [9.17, 15) is 4.79 Å². The molecule has 2 aromatic rings. The lowest BCUT2D eigenvalue weighted by molar-refractivity contribution is -0.128. The molecule has 1 N–H and O–H groups in total. The van der Waals surface area contributed by atoms with Gasteiger partial charge in [0.05, 0.1) is 7.11 Å². The number of benzene rings is 2. The Morgan fingerprint density at radius 2 is 1.82 bits per heavy atom. The summed E-state index contributed by atoms with van der Waals surface area (Å²) < 4.78 is 10.9. The van der Waals surface area contributed by atoms with Crippen molar-refractivity contribution in [2.24, 2.45) is 0 Å². The smallest absolute Gasteiger partial charge is 0.261 e.